The average Bonchev–Trinajstić information content (AvgIpc) is 2.36. The highest BCUT2D eigenvalue weighted by Gasteiger charge is 2.27. The summed E-state index contributed by atoms with van der Waals surface area (Å²) < 4.78 is 6.13. The smallest absolute Gasteiger partial charge is 0.126 e. The van der Waals surface area contributed by atoms with Crippen molar-refractivity contribution in [3.63, 3.8) is 0 Å². The van der Waals surface area contributed by atoms with Gasteiger partial charge in [-0.1, -0.05) is 80.0 Å². The third-order valence-electron chi connectivity index (χ3n) is 3.30. The first-order valence-corrected chi connectivity index (χ1v) is 8.35. The molecule has 0 aromatic heterocycles. The molecule has 0 fully saturated rings. The summed E-state index contributed by atoms with van der Waals surface area (Å²) in [6, 6.07) is 4.56. The van der Waals surface area contributed by atoms with Crippen molar-refractivity contribution in [1.82, 2.24) is 0 Å². The van der Waals surface area contributed by atoms with Gasteiger partial charge in [-0.2, -0.15) is 0 Å². The van der Waals surface area contributed by atoms with E-state index in [-0.39, 0.29) is 10.8 Å². The zero-order valence-corrected chi connectivity index (χ0v) is 16.0. The molecule has 21 heavy (non-hydrogen) atoms. The van der Waals surface area contributed by atoms with Gasteiger partial charge in [0.2, 0.25) is 0 Å². The highest BCUT2D eigenvalue weighted by Crippen LogP contribution is 2.40. The van der Waals surface area contributed by atoms with E-state index < -0.39 is 0 Å². The Morgan fingerprint density at radius 3 is 1.52 bits per heavy atom. The van der Waals surface area contributed by atoms with E-state index >= 15 is 0 Å². The lowest BCUT2D eigenvalue weighted by atomic mass is 9.78. The molecule has 0 saturated heterocycles. The third-order valence-corrected chi connectivity index (χ3v) is 3.30. The van der Waals surface area contributed by atoms with Crippen LogP contribution in [-0.4, -0.2) is 6.61 Å². The summed E-state index contributed by atoms with van der Waals surface area (Å²) in [5.74, 6) is 1.10. The van der Waals surface area contributed by atoms with Crippen LogP contribution < -0.4 is 4.74 Å². The van der Waals surface area contributed by atoms with Crippen molar-refractivity contribution < 1.29 is 4.74 Å². The molecule has 0 saturated carbocycles. The molecular weight excluding hydrogens is 256 g/mol. The molecule has 0 bridgehead atoms. The van der Waals surface area contributed by atoms with Crippen LogP contribution in [0.15, 0.2) is 12.1 Å². The van der Waals surface area contributed by atoms with Crippen molar-refractivity contribution in [2.24, 2.45) is 0 Å². The maximum absolute atomic E-state index is 6.13. The molecule has 1 rings (SSSR count). The predicted octanol–water partition coefficient (Wildman–Crippen LogP) is 6.41. The Morgan fingerprint density at radius 2 is 1.24 bits per heavy atom. The topological polar surface area (TPSA) is 9.23 Å². The van der Waals surface area contributed by atoms with Crippen molar-refractivity contribution in [1.29, 1.82) is 0 Å². The fourth-order valence-corrected chi connectivity index (χ4v) is 2.25. The molecule has 122 valence electrons. The van der Waals surface area contributed by atoms with Crippen LogP contribution in [0.25, 0.3) is 0 Å². The van der Waals surface area contributed by atoms with Crippen LogP contribution in [0.5, 0.6) is 5.75 Å². The van der Waals surface area contributed by atoms with Crippen molar-refractivity contribution >= 4 is 0 Å². The minimum atomic E-state index is 0.106. The van der Waals surface area contributed by atoms with Gasteiger partial charge < -0.3 is 4.74 Å². The zero-order chi connectivity index (χ0) is 16.8. The van der Waals surface area contributed by atoms with Crippen LogP contribution in [0.1, 0.15) is 85.4 Å². The molecule has 1 nitrogen and oxygen atoms in total. The second-order valence-corrected chi connectivity index (χ2v) is 7.54. The third kappa shape index (κ3) is 5.73. The molecule has 0 aliphatic rings. The zero-order valence-electron chi connectivity index (χ0n) is 16.0. The summed E-state index contributed by atoms with van der Waals surface area (Å²) >= 11 is 0. The maximum atomic E-state index is 6.13. The SMILES string of the molecule is CC.CCCOc1c(C(C)(C)C)cc(C)cc1C(C)(C)C. The van der Waals surface area contributed by atoms with E-state index in [1.54, 1.807) is 0 Å². The second-order valence-electron chi connectivity index (χ2n) is 7.54. The second kappa shape index (κ2) is 7.87. The molecule has 0 atom stereocenters. The van der Waals surface area contributed by atoms with E-state index in [4.69, 9.17) is 4.74 Å². The molecule has 0 aliphatic heterocycles. The van der Waals surface area contributed by atoms with E-state index in [1.807, 2.05) is 13.8 Å². The molecule has 0 radical (unpaired) electrons. The first-order valence-electron chi connectivity index (χ1n) is 8.35. The Morgan fingerprint density at radius 1 is 0.857 bits per heavy atom. The van der Waals surface area contributed by atoms with Gasteiger partial charge in [-0.3, -0.25) is 0 Å². The van der Waals surface area contributed by atoms with Crippen LogP contribution in [0.4, 0.5) is 0 Å². The number of hydrogen-bond acceptors (Lipinski definition) is 1. The molecule has 0 unspecified atom stereocenters. The number of benzene rings is 1. The molecule has 0 heterocycles. The summed E-state index contributed by atoms with van der Waals surface area (Å²) in [7, 11) is 0. The molecule has 0 N–H and O–H groups in total. The van der Waals surface area contributed by atoms with Crippen molar-refractivity contribution in [3.05, 3.63) is 28.8 Å². The molecule has 1 aromatic carbocycles. The molecule has 0 amide bonds. The van der Waals surface area contributed by atoms with Crippen molar-refractivity contribution in [2.45, 2.75) is 86.5 Å². The molecule has 0 aliphatic carbocycles. The van der Waals surface area contributed by atoms with Gasteiger partial charge in [0.15, 0.2) is 0 Å². The Balaban J connectivity index is 0.00000191. The van der Waals surface area contributed by atoms with Gasteiger partial charge in [-0.05, 0) is 24.2 Å². The van der Waals surface area contributed by atoms with Gasteiger partial charge in [0.1, 0.15) is 5.75 Å². The molecular formula is C20H36O. The van der Waals surface area contributed by atoms with Gasteiger partial charge in [-0.15, -0.1) is 0 Å². The molecule has 1 aromatic rings. The Hall–Kier alpha value is -0.980. The normalized spacial score (nSPS) is 11.7. The summed E-state index contributed by atoms with van der Waals surface area (Å²) in [5, 5.41) is 0. The largest absolute Gasteiger partial charge is 0.493 e. The monoisotopic (exact) mass is 292 g/mol. The Bertz CT molecular complexity index is 395. The summed E-state index contributed by atoms with van der Waals surface area (Å²) in [6.45, 7) is 22.7. The van der Waals surface area contributed by atoms with Crippen LogP contribution in [0.3, 0.4) is 0 Å². The minimum absolute atomic E-state index is 0.106. The van der Waals surface area contributed by atoms with E-state index in [1.165, 1.54) is 16.7 Å². The number of hydrogen-bond donors (Lipinski definition) is 0. The fourth-order valence-electron chi connectivity index (χ4n) is 2.25. The van der Waals surface area contributed by atoms with Gasteiger partial charge in [0, 0.05) is 11.1 Å². The maximum Gasteiger partial charge on any atom is 0.126 e. The first kappa shape index (κ1) is 20.0. The fraction of sp³-hybridized carbons (Fsp3) is 0.700. The highest BCUT2D eigenvalue weighted by atomic mass is 16.5. The summed E-state index contributed by atoms with van der Waals surface area (Å²) in [4.78, 5) is 0. The van der Waals surface area contributed by atoms with E-state index in [0.717, 1.165) is 18.8 Å². The van der Waals surface area contributed by atoms with Gasteiger partial charge in [-0.25, -0.2) is 0 Å². The van der Waals surface area contributed by atoms with Crippen LogP contribution in [0.2, 0.25) is 0 Å². The van der Waals surface area contributed by atoms with Crippen molar-refractivity contribution in [3.8, 4) is 5.75 Å². The number of aryl methyl sites for hydroxylation is 1. The predicted molar refractivity (Wildman–Crippen MR) is 95.7 cm³/mol. The average molecular weight is 293 g/mol. The van der Waals surface area contributed by atoms with Crippen LogP contribution in [0, 0.1) is 6.92 Å². The van der Waals surface area contributed by atoms with E-state index in [9.17, 15) is 0 Å². The number of ether oxygens (including phenoxy) is 1. The minimum Gasteiger partial charge on any atom is -0.493 e. The number of rotatable bonds is 3. The quantitative estimate of drug-likeness (QED) is 0.626. The lowest BCUT2D eigenvalue weighted by molar-refractivity contribution is 0.299. The van der Waals surface area contributed by atoms with Gasteiger partial charge >= 0.3 is 0 Å². The molecule has 1 heteroatoms. The Kier molecular flexibility index (Phi) is 7.50. The van der Waals surface area contributed by atoms with E-state index in [0.29, 0.717) is 0 Å². The summed E-state index contributed by atoms with van der Waals surface area (Å²) in [5.41, 5.74) is 4.18. The highest BCUT2D eigenvalue weighted by molar-refractivity contribution is 5.50. The van der Waals surface area contributed by atoms with Crippen molar-refractivity contribution in [2.75, 3.05) is 6.61 Å². The lowest BCUT2D eigenvalue weighted by Gasteiger charge is -2.30. The standard InChI is InChI=1S/C18H30O.C2H6/c1-9-10-19-16-14(17(3,4)5)11-13(2)12-15(16)18(6,7)8;1-2/h11-12H,9-10H2,1-8H3;1-2H3. The van der Waals surface area contributed by atoms with Crippen LogP contribution >= 0.6 is 0 Å². The first-order chi connectivity index (χ1) is 9.57. The van der Waals surface area contributed by atoms with Gasteiger partial charge in [0.05, 0.1) is 6.61 Å². The lowest BCUT2D eigenvalue weighted by Crippen LogP contribution is -2.20. The van der Waals surface area contributed by atoms with E-state index in [2.05, 4.69) is 67.5 Å². The molecule has 0 spiro atoms. The van der Waals surface area contributed by atoms with Crippen LogP contribution in [-0.2, 0) is 10.8 Å². The van der Waals surface area contributed by atoms with Gasteiger partial charge in [0.25, 0.3) is 0 Å². The summed E-state index contributed by atoms with van der Waals surface area (Å²) in [6.07, 6.45) is 1.04. The Labute approximate surface area is 133 Å².